The lowest BCUT2D eigenvalue weighted by atomic mass is 10.3. The lowest BCUT2D eigenvalue weighted by molar-refractivity contribution is -0.137. The molecule has 0 aromatic heterocycles. The van der Waals surface area contributed by atoms with Crippen molar-refractivity contribution in [1.29, 1.82) is 0 Å². The van der Waals surface area contributed by atoms with Gasteiger partial charge >= 0.3 is 5.97 Å². The monoisotopic (exact) mass is 254 g/mol. The molecule has 1 atom stereocenters. The minimum atomic E-state index is -1.37. The fraction of sp³-hybridized carbons (Fsp3) is 0.615. The molecule has 4 heteroatoms. The highest BCUT2D eigenvalue weighted by molar-refractivity contribution is 6.83. The van der Waals surface area contributed by atoms with Crippen molar-refractivity contribution in [1.82, 2.24) is 0 Å². The summed E-state index contributed by atoms with van der Waals surface area (Å²) in [5, 5.41) is 0. The molecule has 0 fully saturated rings. The summed E-state index contributed by atoms with van der Waals surface area (Å²) in [6.45, 7) is 10.7. The minimum Gasteiger partial charge on any atom is -0.485 e. The van der Waals surface area contributed by atoms with Gasteiger partial charge in [-0.05, 0) is 13.3 Å². The average molecular weight is 254 g/mol. The topological polar surface area (TPSA) is 35.5 Å². The molecular weight excluding hydrogens is 232 g/mol. The predicted molar refractivity (Wildman–Crippen MR) is 72.1 cm³/mol. The first-order chi connectivity index (χ1) is 7.89. The van der Waals surface area contributed by atoms with Gasteiger partial charge in [-0.2, -0.15) is 0 Å². The van der Waals surface area contributed by atoms with E-state index in [0.29, 0.717) is 6.61 Å². The molecule has 0 aromatic rings. The van der Waals surface area contributed by atoms with Crippen molar-refractivity contribution in [2.45, 2.75) is 46.0 Å². The Kier molecular flexibility index (Phi) is 7.40. The van der Waals surface area contributed by atoms with Gasteiger partial charge in [0, 0.05) is 0 Å². The van der Waals surface area contributed by atoms with E-state index >= 15 is 0 Å². The lowest BCUT2D eigenvalue weighted by Crippen LogP contribution is -2.18. The molecule has 17 heavy (non-hydrogen) atoms. The molecule has 1 unspecified atom stereocenters. The van der Waals surface area contributed by atoms with Gasteiger partial charge in [0.15, 0.2) is 6.10 Å². The van der Waals surface area contributed by atoms with E-state index in [-0.39, 0.29) is 12.1 Å². The third kappa shape index (κ3) is 9.70. The third-order valence-corrected chi connectivity index (χ3v) is 2.61. The first-order valence-corrected chi connectivity index (χ1v) is 9.40. The molecule has 0 aliphatic heterocycles. The van der Waals surface area contributed by atoms with Gasteiger partial charge in [-0.15, -0.1) is 5.54 Å². The summed E-state index contributed by atoms with van der Waals surface area (Å²) in [4.78, 5) is 11.0. The molecule has 0 amide bonds. The number of ether oxygens (including phenoxy) is 2. The van der Waals surface area contributed by atoms with Gasteiger partial charge in [0.2, 0.25) is 0 Å². The highest BCUT2D eigenvalue weighted by atomic mass is 28.3. The number of hydrogen-bond acceptors (Lipinski definition) is 3. The van der Waals surface area contributed by atoms with Crippen molar-refractivity contribution < 1.29 is 14.3 Å². The summed E-state index contributed by atoms with van der Waals surface area (Å²) in [7, 11) is -1.37. The van der Waals surface area contributed by atoms with E-state index in [2.05, 4.69) is 31.1 Å². The zero-order valence-electron chi connectivity index (χ0n) is 11.4. The Labute approximate surface area is 105 Å². The van der Waals surface area contributed by atoms with Crippen molar-refractivity contribution in [2.24, 2.45) is 0 Å². The number of esters is 1. The summed E-state index contributed by atoms with van der Waals surface area (Å²) in [5.41, 5.74) is 3.25. The van der Waals surface area contributed by atoms with E-state index in [1.54, 1.807) is 6.92 Å². The van der Waals surface area contributed by atoms with E-state index in [4.69, 9.17) is 9.47 Å². The van der Waals surface area contributed by atoms with Crippen LogP contribution in [0.15, 0.2) is 12.3 Å². The second-order valence-corrected chi connectivity index (χ2v) is 9.36. The molecule has 0 heterocycles. The van der Waals surface area contributed by atoms with E-state index in [1.807, 2.05) is 6.92 Å². The number of carbonyl (C=O) groups is 1. The molecule has 3 nitrogen and oxygen atoms in total. The van der Waals surface area contributed by atoms with Gasteiger partial charge in [-0.25, -0.2) is 4.79 Å². The molecule has 0 saturated carbocycles. The highest BCUT2D eigenvalue weighted by Gasteiger charge is 2.09. The Hall–Kier alpha value is -1.21. The molecule has 0 rings (SSSR count). The predicted octanol–water partition coefficient (Wildman–Crippen LogP) is 2.74. The van der Waals surface area contributed by atoms with Gasteiger partial charge in [-0.1, -0.05) is 32.5 Å². The van der Waals surface area contributed by atoms with Crippen LogP contribution in [0.4, 0.5) is 0 Å². The second-order valence-electron chi connectivity index (χ2n) is 4.61. The first-order valence-electron chi connectivity index (χ1n) is 5.90. The fourth-order valence-corrected chi connectivity index (χ4v) is 1.50. The van der Waals surface area contributed by atoms with E-state index in [9.17, 15) is 4.79 Å². The number of carbonyl (C=O) groups excluding carboxylic acids is 1. The van der Waals surface area contributed by atoms with Crippen LogP contribution in [0.5, 0.6) is 0 Å². The van der Waals surface area contributed by atoms with Crippen LogP contribution in [-0.4, -0.2) is 26.8 Å². The zero-order valence-corrected chi connectivity index (χ0v) is 12.4. The summed E-state index contributed by atoms with van der Waals surface area (Å²) in [6, 6.07) is 0. The van der Waals surface area contributed by atoms with Crippen LogP contribution in [0.2, 0.25) is 19.6 Å². The van der Waals surface area contributed by atoms with Crippen LogP contribution in [-0.2, 0) is 14.3 Å². The van der Waals surface area contributed by atoms with Crippen molar-refractivity contribution in [3.8, 4) is 11.5 Å². The van der Waals surface area contributed by atoms with Gasteiger partial charge in [-0.3, -0.25) is 0 Å². The summed E-state index contributed by atoms with van der Waals surface area (Å²) < 4.78 is 10.1. The fourth-order valence-electron chi connectivity index (χ4n) is 0.909. The van der Waals surface area contributed by atoms with Crippen LogP contribution < -0.4 is 0 Å². The second kappa shape index (κ2) is 7.96. The van der Waals surface area contributed by atoms with E-state index in [0.717, 1.165) is 6.42 Å². The highest BCUT2D eigenvalue weighted by Crippen LogP contribution is 2.01. The van der Waals surface area contributed by atoms with E-state index in [1.165, 1.54) is 12.3 Å². The molecular formula is C13H22O3Si. The Morgan fingerprint density at radius 3 is 2.47 bits per heavy atom. The molecule has 0 N–H and O–H groups in total. The Balaban J connectivity index is 4.23. The molecule has 0 aliphatic carbocycles. The Bertz CT molecular complexity index is 318. The molecule has 0 aliphatic rings. The standard InChI is InChI=1S/C13H22O3Si/c1-6-12(9-11-17(3,4)5)16-10-8-13(14)15-7-2/h8,10,12H,6-7H2,1-5H3/b10-8+. The molecule has 0 saturated heterocycles. The quantitative estimate of drug-likeness (QED) is 0.249. The smallest absolute Gasteiger partial charge is 0.333 e. The van der Waals surface area contributed by atoms with Crippen molar-refractivity contribution >= 4 is 14.0 Å². The van der Waals surface area contributed by atoms with Crippen molar-refractivity contribution in [3.05, 3.63) is 12.3 Å². The maximum atomic E-state index is 11.0. The molecule has 0 spiro atoms. The normalized spacial score (nSPS) is 12.8. The molecule has 0 radical (unpaired) electrons. The maximum Gasteiger partial charge on any atom is 0.333 e. The van der Waals surface area contributed by atoms with Crippen LogP contribution in [0.3, 0.4) is 0 Å². The summed E-state index contributed by atoms with van der Waals surface area (Å²) in [6.07, 6.45) is 3.30. The largest absolute Gasteiger partial charge is 0.485 e. The number of rotatable bonds is 5. The van der Waals surface area contributed by atoms with Crippen LogP contribution in [0.1, 0.15) is 20.3 Å². The van der Waals surface area contributed by atoms with Gasteiger partial charge in [0.25, 0.3) is 0 Å². The summed E-state index contributed by atoms with van der Waals surface area (Å²) in [5.74, 6) is 2.71. The van der Waals surface area contributed by atoms with Crippen LogP contribution >= 0.6 is 0 Å². The number of hydrogen-bond donors (Lipinski definition) is 0. The van der Waals surface area contributed by atoms with Crippen LogP contribution in [0.25, 0.3) is 0 Å². The van der Waals surface area contributed by atoms with Gasteiger partial charge < -0.3 is 9.47 Å². The summed E-state index contributed by atoms with van der Waals surface area (Å²) >= 11 is 0. The Morgan fingerprint density at radius 1 is 1.35 bits per heavy atom. The minimum absolute atomic E-state index is 0.146. The zero-order chi connectivity index (χ0) is 13.3. The van der Waals surface area contributed by atoms with Gasteiger partial charge in [0.1, 0.15) is 8.07 Å². The molecule has 0 bridgehead atoms. The van der Waals surface area contributed by atoms with Gasteiger partial charge in [0.05, 0.1) is 18.9 Å². The van der Waals surface area contributed by atoms with Crippen LogP contribution in [0, 0.1) is 11.5 Å². The maximum absolute atomic E-state index is 11.0. The van der Waals surface area contributed by atoms with Crippen molar-refractivity contribution in [3.63, 3.8) is 0 Å². The average Bonchev–Trinajstić information content (AvgIpc) is 2.22. The van der Waals surface area contributed by atoms with Crippen molar-refractivity contribution in [2.75, 3.05) is 6.61 Å². The SMILES string of the molecule is CCOC(=O)/C=C/OC(C#C[Si](C)(C)C)CC. The molecule has 0 aromatic carbocycles. The van der Waals surface area contributed by atoms with E-state index < -0.39 is 8.07 Å². The first kappa shape index (κ1) is 15.8. The lowest BCUT2D eigenvalue weighted by Gasteiger charge is -2.09. The Morgan fingerprint density at radius 2 is 2.00 bits per heavy atom. The molecule has 96 valence electrons. The third-order valence-electron chi connectivity index (χ3n) is 1.71.